The number of urea groups is 1. The van der Waals surface area contributed by atoms with Crippen LogP contribution in [-0.2, 0) is 30.5 Å². The van der Waals surface area contributed by atoms with Crippen molar-refractivity contribution < 1.29 is 9.59 Å². The Morgan fingerprint density at radius 3 is 2.67 bits per heavy atom. The van der Waals surface area contributed by atoms with Gasteiger partial charge in [0.15, 0.2) is 11.2 Å². The molecule has 186 valence electrons. The van der Waals surface area contributed by atoms with Gasteiger partial charge in [-0.05, 0) is 41.5 Å². The fourth-order valence-corrected chi connectivity index (χ4v) is 4.37. The maximum Gasteiger partial charge on any atom is 0.330 e. The van der Waals surface area contributed by atoms with Crippen LogP contribution >= 0.6 is 0 Å². The number of nitrogens with one attached hydrogen (secondary N) is 2. The van der Waals surface area contributed by atoms with Gasteiger partial charge in [0, 0.05) is 13.6 Å². The summed E-state index contributed by atoms with van der Waals surface area (Å²) in [6, 6.07) is 6.37. The molecule has 5 rings (SSSR count). The van der Waals surface area contributed by atoms with Gasteiger partial charge >= 0.3 is 11.7 Å². The standard InChI is InChI=1S/C22H24N10O4/c1-4-5-9-30-17-16(18(33)25-20(30)35)29(3)15(24-17)11-31-19(34)22(2,26-21(31)36)13-7-6-8-14(10-13)32-12-23-27-28-32/h6-8,10,12H,4-5,9,11H2,1-3H3,(H,26,36)(H,25,33,35). The Morgan fingerprint density at radius 2 is 1.94 bits per heavy atom. The van der Waals surface area contributed by atoms with Crippen LogP contribution in [0.1, 0.15) is 38.1 Å². The first-order valence-electron chi connectivity index (χ1n) is 11.4. The summed E-state index contributed by atoms with van der Waals surface area (Å²) in [6.07, 6.45) is 3.00. The summed E-state index contributed by atoms with van der Waals surface area (Å²) in [5.41, 5.74) is -0.874. The van der Waals surface area contributed by atoms with E-state index in [0.29, 0.717) is 23.6 Å². The Kier molecular flexibility index (Phi) is 5.50. The molecule has 2 N–H and O–H groups in total. The molecule has 0 bridgehead atoms. The normalized spacial score (nSPS) is 17.8. The van der Waals surface area contributed by atoms with Gasteiger partial charge in [-0.2, -0.15) is 0 Å². The van der Waals surface area contributed by atoms with Gasteiger partial charge in [-0.15, -0.1) is 5.10 Å². The van der Waals surface area contributed by atoms with E-state index >= 15 is 0 Å². The SMILES string of the molecule is CCCCn1c(=O)[nH]c(=O)c2c1nc(CN1C(=O)NC(C)(c3cccc(-n4cnnn4)c3)C1=O)n2C. The summed E-state index contributed by atoms with van der Waals surface area (Å²) in [5, 5.41) is 13.9. The topological polar surface area (TPSA) is 166 Å². The molecule has 36 heavy (non-hydrogen) atoms. The molecule has 1 unspecified atom stereocenters. The maximum atomic E-state index is 13.5. The quantitative estimate of drug-likeness (QED) is 0.344. The van der Waals surface area contributed by atoms with E-state index in [2.05, 4.69) is 30.8 Å². The lowest BCUT2D eigenvalue weighted by molar-refractivity contribution is -0.131. The highest BCUT2D eigenvalue weighted by atomic mass is 16.2. The number of fused-ring (bicyclic) bond motifs is 1. The molecule has 0 aliphatic carbocycles. The molecule has 14 nitrogen and oxygen atoms in total. The van der Waals surface area contributed by atoms with Crippen LogP contribution in [0.3, 0.4) is 0 Å². The second-order valence-electron chi connectivity index (χ2n) is 8.77. The van der Waals surface area contributed by atoms with Crippen LogP contribution in [-0.4, -0.2) is 56.1 Å². The fraction of sp³-hybridized carbons (Fsp3) is 0.364. The van der Waals surface area contributed by atoms with Crippen molar-refractivity contribution in [3.63, 3.8) is 0 Å². The Morgan fingerprint density at radius 1 is 1.14 bits per heavy atom. The lowest BCUT2D eigenvalue weighted by atomic mass is 9.91. The molecule has 1 saturated heterocycles. The Bertz CT molecular complexity index is 1600. The Balaban J connectivity index is 1.50. The van der Waals surface area contributed by atoms with E-state index in [0.717, 1.165) is 17.7 Å². The molecule has 3 aromatic heterocycles. The number of aromatic amines is 1. The molecule has 4 heterocycles. The number of imidazole rings is 1. The minimum absolute atomic E-state index is 0.181. The van der Waals surface area contributed by atoms with Crippen molar-refractivity contribution >= 4 is 23.1 Å². The van der Waals surface area contributed by atoms with E-state index in [-0.39, 0.29) is 17.7 Å². The zero-order chi connectivity index (χ0) is 25.6. The van der Waals surface area contributed by atoms with Crippen molar-refractivity contribution in [2.75, 3.05) is 0 Å². The monoisotopic (exact) mass is 492 g/mol. The molecule has 0 radical (unpaired) electrons. The molecule has 1 aliphatic rings. The number of H-pyrrole nitrogens is 1. The molecule has 14 heteroatoms. The van der Waals surface area contributed by atoms with Crippen LogP contribution in [0.2, 0.25) is 0 Å². The number of imide groups is 1. The molecule has 1 atom stereocenters. The van der Waals surface area contributed by atoms with E-state index in [1.165, 1.54) is 20.1 Å². The molecule has 0 spiro atoms. The lowest BCUT2D eigenvalue weighted by Gasteiger charge is -2.22. The first kappa shape index (κ1) is 23.1. The number of hydrogen-bond donors (Lipinski definition) is 2. The summed E-state index contributed by atoms with van der Waals surface area (Å²) < 4.78 is 4.36. The second-order valence-corrected chi connectivity index (χ2v) is 8.77. The summed E-state index contributed by atoms with van der Waals surface area (Å²) in [4.78, 5) is 59.3. The van der Waals surface area contributed by atoms with Crippen molar-refractivity contribution in [2.45, 2.75) is 45.3 Å². The number of nitrogens with zero attached hydrogens (tertiary/aromatic N) is 8. The van der Waals surface area contributed by atoms with Crippen LogP contribution < -0.4 is 16.6 Å². The number of aromatic nitrogens is 8. The molecule has 3 amide bonds. The van der Waals surface area contributed by atoms with E-state index in [1.54, 1.807) is 38.2 Å². The van der Waals surface area contributed by atoms with Crippen molar-refractivity contribution in [1.82, 2.24) is 49.5 Å². The highest BCUT2D eigenvalue weighted by Gasteiger charge is 2.49. The number of rotatable bonds is 7. The van der Waals surface area contributed by atoms with Crippen molar-refractivity contribution in [1.29, 1.82) is 0 Å². The number of carbonyl (C=O) groups excluding carboxylic acids is 2. The lowest BCUT2D eigenvalue weighted by Crippen LogP contribution is -2.41. The third kappa shape index (κ3) is 3.57. The number of tetrazole rings is 1. The van der Waals surface area contributed by atoms with Crippen molar-refractivity contribution in [3.8, 4) is 5.69 Å². The third-order valence-corrected chi connectivity index (χ3v) is 6.45. The number of carbonyl (C=O) groups is 2. The predicted octanol–water partition coefficient (Wildman–Crippen LogP) is 0.166. The molecule has 1 fully saturated rings. The van der Waals surface area contributed by atoms with Crippen LogP contribution in [0.25, 0.3) is 16.9 Å². The smallest absolute Gasteiger partial charge is 0.324 e. The predicted molar refractivity (Wildman–Crippen MR) is 126 cm³/mol. The van der Waals surface area contributed by atoms with Crippen LogP contribution in [0, 0.1) is 0 Å². The Labute approximate surface area is 203 Å². The maximum absolute atomic E-state index is 13.5. The van der Waals surface area contributed by atoms with Gasteiger partial charge in [-0.3, -0.25) is 24.0 Å². The average molecular weight is 493 g/mol. The number of benzene rings is 1. The minimum atomic E-state index is -1.34. The zero-order valence-electron chi connectivity index (χ0n) is 19.9. The van der Waals surface area contributed by atoms with Gasteiger partial charge in [-0.25, -0.2) is 19.3 Å². The van der Waals surface area contributed by atoms with E-state index in [1.807, 2.05) is 6.92 Å². The van der Waals surface area contributed by atoms with Crippen LogP contribution in [0.4, 0.5) is 4.79 Å². The molecule has 4 aromatic rings. The molecular formula is C22H24N10O4. The summed E-state index contributed by atoms with van der Waals surface area (Å²) in [6.45, 7) is 3.82. The highest BCUT2D eigenvalue weighted by molar-refractivity contribution is 6.07. The summed E-state index contributed by atoms with van der Waals surface area (Å²) >= 11 is 0. The molecule has 1 aliphatic heterocycles. The van der Waals surface area contributed by atoms with Gasteiger partial charge in [0.1, 0.15) is 17.7 Å². The number of amides is 3. The van der Waals surface area contributed by atoms with E-state index < -0.39 is 28.7 Å². The average Bonchev–Trinajstić information content (AvgIpc) is 3.55. The zero-order valence-corrected chi connectivity index (χ0v) is 19.9. The molecule has 1 aromatic carbocycles. The fourth-order valence-electron chi connectivity index (χ4n) is 4.37. The largest absolute Gasteiger partial charge is 0.330 e. The second kappa shape index (κ2) is 8.55. The van der Waals surface area contributed by atoms with Crippen molar-refractivity contribution in [3.05, 3.63) is 62.8 Å². The van der Waals surface area contributed by atoms with Gasteiger partial charge in [-0.1, -0.05) is 25.5 Å². The van der Waals surface area contributed by atoms with Gasteiger partial charge in [0.25, 0.3) is 11.5 Å². The number of aryl methyl sites for hydroxylation is 2. The Hall–Kier alpha value is -4.62. The van der Waals surface area contributed by atoms with Gasteiger partial charge < -0.3 is 9.88 Å². The van der Waals surface area contributed by atoms with E-state index in [4.69, 9.17) is 0 Å². The number of hydrogen-bond acceptors (Lipinski definition) is 8. The minimum Gasteiger partial charge on any atom is -0.324 e. The number of unbranched alkanes of at least 4 members (excludes halogenated alkanes) is 1. The molecule has 0 saturated carbocycles. The van der Waals surface area contributed by atoms with Crippen molar-refractivity contribution in [2.24, 2.45) is 7.05 Å². The third-order valence-electron chi connectivity index (χ3n) is 6.45. The van der Waals surface area contributed by atoms with Crippen LogP contribution in [0.5, 0.6) is 0 Å². The van der Waals surface area contributed by atoms with Gasteiger partial charge in [0.2, 0.25) is 0 Å². The van der Waals surface area contributed by atoms with Crippen LogP contribution in [0.15, 0.2) is 40.2 Å². The first-order valence-corrected chi connectivity index (χ1v) is 11.4. The van der Waals surface area contributed by atoms with Gasteiger partial charge in [0.05, 0.1) is 12.2 Å². The highest BCUT2D eigenvalue weighted by Crippen LogP contribution is 2.31. The molecular weight excluding hydrogens is 468 g/mol. The first-order chi connectivity index (χ1) is 17.2. The summed E-state index contributed by atoms with van der Waals surface area (Å²) in [7, 11) is 1.61. The summed E-state index contributed by atoms with van der Waals surface area (Å²) in [5.74, 6) is -0.188. The van der Waals surface area contributed by atoms with E-state index in [9.17, 15) is 19.2 Å².